The van der Waals surface area contributed by atoms with Gasteiger partial charge in [-0.3, -0.25) is 9.59 Å². The smallest absolute Gasteiger partial charge is 0.323 e. The molecule has 6 N–H and O–H groups in total. The van der Waals surface area contributed by atoms with Crippen molar-refractivity contribution in [1.82, 2.24) is 0 Å². The number of nitrogens with two attached hydrogens (primary N) is 2. The number of carbonyl (C=O) groups is 3. The second kappa shape index (κ2) is 10.2. The predicted octanol–water partition coefficient (Wildman–Crippen LogP) is 3.06. The van der Waals surface area contributed by atoms with Crippen LogP contribution < -0.4 is 31.6 Å². The van der Waals surface area contributed by atoms with Gasteiger partial charge in [-0.2, -0.15) is 0 Å². The van der Waals surface area contributed by atoms with Gasteiger partial charge in [0, 0.05) is 16.9 Å². The number of amides is 4. The van der Waals surface area contributed by atoms with E-state index in [1.54, 1.807) is 48.5 Å². The summed E-state index contributed by atoms with van der Waals surface area (Å²) in [5.41, 5.74) is 13.1. The molecule has 0 aliphatic rings. The summed E-state index contributed by atoms with van der Waals surface area (Å²) in [6, 6.07) is 18.0. The molecule has 9 nitrogen and oxygen atoms in total. The molecule has 0 fully saturated rings. The number of para-hydroxylation sites is 1. The second-order valence-corrected chi connectivity index (χ2v) is 7.06. The molecule has 1 atom stereocenters. The van der Waals surface area contributed by atoms with E-state index in [-0.39, 0.29) is 16.9 Å². The van der Waals surface area contributed by atoms with Crippen LogP contribution in [0.5, 0.6) is 11.5 Å². The summed E-state index contributed by atoms with van der Waals surface area (Å²) >= 11 is 0. The van der Waals surface area contributed by atoms with Crippen molar-refractivity contribution in [2.24, 2.45) is 11.5 Å². The minimum absolute atomic E-state index is 0.0663. The molecule has 33 heavy (non-hydrogen) atoms. The maximum atomic E-state index is 12.5. The van der Waals surface area contributed by atoms with Gasteiger partial charge in [0.25, 0.3) is 0 Å². The number of nitrogens with one attached hydrogen (secondary N) is 2. The standard InChI is InChI=1S/C24H24N4O5/c1-32-19-12-17(18(22(25)29)13-20(19)33-2)21(23(26)30)14-7-6-10-16(11-14)28-24(31)27-15-8-4-3-5-9-15/h3-13,21H,1-2H3,(H2,25,29)(H2,26,30)(H2,27,28,31). The van der Waals surface area contributed by atoms with Crippen LogP contribution in [0.3, 0.4) is 0 Å². The maximum Gasteiger partial charge on any atom is 0.323 e. The quantitative estimate of drug-likeness (QED) is 0.418. The molecule has 0 heterocycles. The Morgan fingerprint density at radius 2 is 1.39 bits per heavy atom. The SMILES string of the molecule is COc1cc(C(N)=O)c(C(C(N)=O)c2cccc(NC(=O)Nc3ccccc3)c2)cc1OC. The fraction of sp³-hybridized carbons (Fsp3) is 0.125. The molecule has 0 aromatic heterocycles. The Bertz CT molecular complexity index is 1180. The van der Waals surface area contributed by atoms with Crippen molar-refractivity contribution in [2.75, 3.05) is 24.9 Å². The van der Waals surface area contributed by atoms with E-state index in [0.717, 1.165) is 0 Å². The summed E-state index contributed by atoms with van der Waals surface area (Å²) in [6.07, 6.45) is 0. The summed E-state index contributed by atoms with van der Waals surface area (Å²) in [5.74, 6) is -1.91. The third kappa shape index (κ3) is 5.40. The minimum atomic E-state index is -1.04. The molecular weight excluding hydrogens is 424 g/mol. The number of primary amides is 2. The first kappa shape index (κ1) is 23.1. The van der Waals surface area contributed by atoms with Crippen LogP contribution in [0.4, 0.5) is 16.2 Å². The highest BCUT2D eigenvalue weighted by Gasteiger charge is 2.27. The molecule has 0 spiro atoms. The maximum absolute atomic E-state index is 12.5. The van der Waals surface area contributed by atoms with Gasteiger partial charge in [0.1, 0.15) is 0 Å². The van der Waals surface area contributed by atoms with E-state index in [9.17, 15) is 14.4 Å². The molecule has 0 aliphatic heterocycles. The van der Waals surface area contributed by atoms with Gasteiger partial charge in [-0.15, -0.1) is 0 Å². The average Bonchev–Trinajstić information content (AvgIpc) is 2.79. The summed E-state index contributed by atoms with van der Waals surface area (Å²) in [6.45, 7) is 0. The number of ether oxygens (including phenoxy) is 2. The third-order valence-corrected chi connectivity index (χ3v) is 4.93. The molecule has 0 radical (unpaired) electrons. The van der Waals surface area contributed by atoms with Crippen LogP contribution in [0.15, 0.2) is 66.7 Å². The molecule has 0 saturated heterocycles. The van der Waals surface area contributed by atoms with E-state index >= 15 is 0 Å². The first-order valence-electron chi connectivity index (χ1n) is 9.92. The Hall–Kier alpha value is -4.53. The van der Waals surface area contributed by atoms with Crippen molar-refractivity contribution >= 4 is 29.2 Å². The van der Waals surface area contributed by atoms with Gasteiger partial charge in [-0.25, -0.2) is 4.79 Å². The van der Waals surface area contributed by atoms with Crippen molar-refractivity contribution in [3.05, 3.63) is 83.4 Å². The molecular formula is C24H24N4O5. The molecule has 0 aliphatic carbocycles. The fourth-order valence-corrected chi connectivity index (χ4v) is 3.45. The Balaban J connectivity index is 1.97. The van der Waals surface area contributed by atoms with Gasteiger partial charge >= 0.3 is 6.03 Å². The van der Waals surface area contributed by atoms with Gasteiger partial charge < -0.3 is 31.6 Å². The van der Waals surface area contributed by atoms with Crippen LogP contribution in [0, 0.1) is 0 Å². The van der Waals surface area contributed by atoms with Crippen LogP contribution >= 0.6 is 0 Å². The largest absolute Gasteiger partial charge is 0.493 e. The predicted molar refractivity (Wildman–Crippen MR) is 125 cm³/mol. The van der Waals surface area contributed by atoms with Crippen LogP contribution in [-0.4, -0.2) is 32.1 Å². The molecule has 3 aromatic rings. The normalized spacial score (nSPS) is 11.2. The van der Waals surface area contributed by atoms with Crippen LogP contribution in [-0.2, 0) is 4.79 Å². The van der Waals surface area contributed by atoms with Crippen molar-refractivity contribution < 1.29 is 23.9 Å². The van der Waals surface area contributed by atoms with E-state index in [0.29, 0.717) is 22.7 Å². The van der Waals surface area contributed by atoms with Gasteiger partial charge in [0.05, 0.1) is 20.1 Å². The molecule has 1 unspecified atom stereocenters. The molecule has 3 rings (SSSR count). The van der Waals surface area contributed by atoms with E-state index in [4.69, 9.17) is 20.9 Å². The lowest BCUT2D eigenvalue weighted by molar-refractivity contribution is -0.118. The molecule has 0 bridgehead atoms. The molecule has 4 amide bonds. The summed E-state index contributed by atoms with van der Waals surface area (Å²) in [7, 11) is 2.85. The molecule has 170 valence electrons. The Morgan fingerprint density at radius 3 is 2.00 bits per heavy atom. The monoisotopic (exact) mass is 448 g/mol. The lowest BCUT2D eigenvalue weighted by Gasteiger charge is -2.20. The summed E-state index contributed by atoms with van der Waals surface area (Å²) in [4.78, 5) is 37.0. The number of hydrogen-bond donors (Lipinski definition) is 4. The van der Waals surface area contributed by atoms with Gasteiger partial charge in [0.15, 0.2) is 11.5 Å². The summed E-state index contributed by atoms with van der Waals surface area (Å²) in [5, 5.41) is 5.43. The lowest BCUT2D eigenvalue weighted by Crippen LogP contribution is -2.26. The average molecular weight is 448 g/mol. The Kier molecular flexibility index (Phi) is 7.14. The van der Waals surface area contributed by atoms with Crippen molar-refractivity contribution in [3.63, 3.8) is 0 Å². The Labute approximate surface area is 190 Å². The van der Waals surface area contributed by atoms with Crippen molar-refractivity contribution in [1.29, 1.82) is 0 Å². The summed E-state index contributed by atoms with van der Waals surface area (Å²) < 4.78 is 10.6. The minimum Gasteiger partial charge on any atom is -0.493 e. The van der Waals surface area contributed by atoms with Gasteiger partial charge in [0.2, 0.25) is 11.8 Å². The van der Waals surface area contributed by atoms with Crippen molar-refractivity contribution in [2.45, 2.75) is 5.92 Å². The zero-order chi connectivity index (χ0) is 24.0. The van der Waals surface area contributed by atoms with Crippen molar-refractivity contribution in [3.8, 4) is 11.5 Å². The third-order valence-electron chi connectivity index (χ3n) is 4.93. The van der Waals surface area contributed by atoms with Gasteiger partial charge in [-0.1, -0.05) is 30.3 Å². The fourth-order valence-electron chi connectivity index (χ4n) is 3.45. The topological polar surface area (TPSA) is 146 Å². The van der Waals surface area contributed by atoms with E-state index in [1.165, 1.54) is 26.4 Å². The zero-order valence-electron chi connectivity index (χ0n) is 18.1. The van der Waals surface area contributed by atoms with E-state index < -0.39 is 23.8 Å². The molecule has 3 aromatic carbocycles. The van der Waals surface area contributed by atoms with E-state index in [2.05, 4.69) is 10.6 Å². The second-order valence-electron chi connectivity index (χ2n) is 7.06. The number of hydrogen-bond acceptors (Lipinski definition) is 5. The first-order chi connectivity index (χ1) is 15.8. The van der Waals surface area contributed by atoms with Crippen LogP contribution in [0.25, 0.3) is 0 Å². The van der Waals surface area contributed by atoms with Crippen LogP contribution in [0.2, 0.25) is 0 Å². The number of anilines is 2. The highest BCUT2D eigenvalue weighted by atomic mass is 16.5. The van der Waals surface area contributed by atoms with Crippen LogP contribution in [0.1, 0.15) is 27.4 Å². The highest BCUT2D eigenvalue weighted by molar-refractivity contribution is 6.00. The highest BCUT2D eigenvalue weighted by Crippen LogP contribution is 2.37. The number of benzene rings is 3. The first-order valence-corrected chi connectivity index (χ1v) is 9.92. The number of urea groups is 1. The number of methoxy groups -OCH3 is 2. The Morgan fingerprint density at radius 1 is 0.788 bits per heavy atom. The zero-order valence-corrected chi connectivity index (χ0v) is 18.1. The lowest BCUT2D eigenvalue weighted by atomic mass is 9.86. The molecule has 9 heteroatoms. The number of rotatable bonds is 8. The molecule has 0 saturated carbocycles. The number of carbonyl (C=O) groups excluding carboxylic acids is 3. The van der Waals surface area contributed by atoms with E-state index in [1.807, 2.05) is 6.07 Å². The van der Waals surface area contributed by atoms with Gasteiger partial charge in [-0.05, 0) is 47.5 Å².